The molecule has 1 aromatic rings. The van der Waals surface area contributed by atoms with Crippen molar-refractivity contribution in [3.05, 3.63) is 17.7 Å². The van der Waals surface area contributed by atoms with Gasteiger partial charge in [0.25, 0.3) is 0 Å². The van der Waals surface area contributed by atoms with Crippen LogP contribution in [-0.2, 0) is 12.8 Å². The zero-order valence-electron chi connectivity index (χ0n) is 10.2. The molecule has 1 aromatic heterocycles. The Morgan fingerprint density at radius 1 is 1.35 bits per heavy atom. The van der Waals surface area contributed by atoms with E-state index in [1.165, 1.54) is 18.5 Å². The second-order valence-electron chi connectivity index (χ2n) is 5.31. The van der Waals surface area contributed by atoms with E-state index in [2.05, 4.69) is 14.9 Å². The van der Waals surface area contributed by atoms with E-state index in [4.69, 9.17) is 0 Å². The van der Waals surface area contributed by atoms with Crippen molar-refractivity contribution in [3.63, 3.8) is 0 Å². The minimum absolute atomic E-state index is 0.335. The van der Waals surface area contributed by atoms with Crippen LogP contribution < -0.4 is 5.32 Å². The van der Waals surface area contributed by atoms with Gasteiger partial charge in [-0.2, -0.15) is 0 Å². The maximum atomic E-state index is 10.1. The van der Waals surface area contributed by atoms with Crippen molar-refractivity contribution >= 4 is 0 Å². The minimum atomic E-state index is -0.335. The molecule has 17 heavy (non-hydrogen) atoms. The lowest BCUT2D eigenvalue weighted by atomic mass is 9.94. The average Bonchev–Trinajstić information content (AvgIpc) is 2.75. The molecular weight excluding hydrogens is 214 g/mol. The first-order valence-electron chi connectivity index (χ1n) is 6.78. The number of fused-ring (bicyclic) bond motifs is 1. The van der Waals surface area contributed by atoms with Crippen molar-refractivity contribution < 1.29 is 5.11 Å². The fourth-order valence-corrected chi connectivity index (χ4v) is 3.08. The van der Waals surface area contributed by atoms with Crippen molar-refractivity contribution in [2.45, 2.75) is 44.8 Å². The van der Waals surface area contributed by atoms with Crippen LogP contribution >= 0.6 is 0 Å². The summed E-state index contributed by atoms with van der Waals surface area (Å²) in [6, 6.07) is 0. The molecule has 0 aliphatic carbocycles. The monoisotopic (exact) mass is 235 g/mol. The molecule has 1 saturated heterocycles. The Morgan fingerprint density at radius 2 is 2.18 bits per heavy atom. The molecule has 4 nitrogen and oxygen atoms in total. The van der Waals surface area contributed by atoms with Gasteiger partial charge in [0.2, 0.25) is 0 Å². The summed E-state index contributed by atoms with van der Waals surface area (Å²) >= 11 is 0. The molecule has 3 heterocycles. The number of piperidine rings is 1. The number of hydrogen-bond donors (Lipinski definition) is 2. The first kappa shape index (κ1) is 11.2. The normalized spacial score (nSPS) is 25.8. The van der Waals surface area contributed by atoms with Gasteiger partial charge >= 0.3 is 0 Å². The first-order chi connectivity index (χ1) is 8.34. The Hall–Kier alpha value is -0.870. The predicted molar refractivity (Wildman–Crippen MR) is 65.7 cm³/mol. The quantitative estimate of drug-likeness (QED) is 0.811. The summed E-state index contributed by atoms with van der Waals surface area (Å²) in [7, 11) is 0. The average molecular weight is 235 g/mol. The highest BCUT2D eigenvalue weighted by Crippen LogP contribution is 2.27. The fraction of sp³-hybridized carbons (Fsp3) is 0.769. The molecule has 0 bridgehead atoms. The van der Waals surface area contributed by atoms with E-state index >= 15 is 0 Å². The van der Waals surface area contributed by atoms with Crippen LogP contribution in [-0.4, -0.2) is 27.7 Å². The number of aliphatic hydroxyl groups excluding tert-OH is 1. The molecule has 0 radical (unpaired) electrons. The molecule has 1 fully saturated rings. The summed E-state index contributed by atoms with van der Waals surface area (Å²) in [5.74, 6) is 1.83. The summed E-state index contributed by atoms with van der Waals surface area (Å²) in [5, 5.41) is 13.5. The SMILES string of the molecule is OC1CCCc2cnc(CC3CCNCC3)n21. The van der Waals surface area contributed by atoms with Crippen molar-refractivity contribution in [1.29, 1.82) is 0 Å². The van der Waals surface area contributed by atoms with E-state index in [0.29, 0.717) is 0 Å². The van der Waals surface area contributed by atoms with Gasteiger partial charge in [-0.3, -0.25) is 0 Å². The van der Waals surface area contributed by atoms with Gasteiger partial charge in [-0.15, -0.1) is 0 Å². The van der Waals surface area contributed by atoms with Crippen LogP contribution in [0.4, 0.5) is 0 Å². The largest absolute Gasteiger partial charge is 0.373 e. The highest BCUT2D eigenvalue weighted by atomic mass is 16.3. The first-order valence-corrected chi connectivity index (χ1v) is 6.78. The van der Waals surface area contributed by atoms with Crippen molar-refractivity contribution in [1.82, 2.24) is 14.9 Å². The Balaban J connectivity index is 1.76. The van der Waals surface area contributed by atoms with Crippen LogP contribution in [0.5, 0.6) is 0 Å². The Morgan fingerprint density at radius 3 is 3.00 bits per heavy atom. The van der Waals surface area contributed by atoms with E-state index in [-0.39, 0.29) is 6.23 Å². The fourth-order valence-electron chi connectivity index (χ4n) is 3.08. The van der Waals surface area contributed by atoms with Gasteiger partial charge < -0.3 is 15.0 Å². The lowest BCUT2D eigenvalue weighted by Gasteiger charge is -2.26. The van der Waals surface area contributed by atoms with Crippen LogP contribution in [0.15, 0.2) is 6.20 Å². The third kappa shape index (κ3) is 2.24. The Labute approximate surface area is 102 Å². The number of hydrogen-bond acceptors (Lipinski definition) is 3. The van der Waals surface area contributed by atoms with Crippen molar-refractivity contribution in [2.75, 3.05) is 13.1 Å². The molecule has 4 heteroatoms. The van der Waals surface area contributed by atoms with E-state index in [1.807, 2.05) is 6.20 Å². The molecule has 2 N–H and O–H groups in total. The number of aryl methyl sites for hydroxylation is 1. The van der Waals surface area contributed by atoms with Crippen LogP contribution in [0.25, 0.3) is 0 Å². The molecule has 94 valence electrons. The van der Waals surface area contributed by atoms with E-state index in [0.717, 1.165) is 50.5 Å². The summed E-state index contributed by atoms with van der Waals surface area (Å²) in [6.45, 7) is 2.25. The smallest absolute Gasteiger partial charge is 0.132 e. The molecule has 0 saturated carbocycles. The summed E-state index contributed by atoms with van der Waals surface area (Å²) in [4.78, 5) is 4.52. The summed E-state index contributed by atoms with van der Waals surface area (Å²) in [6.07, 6.45) is 8.14. The van der Waals surface area contributed by atoms with Gasteiger partial charge in [0.15, 0.2) is 0 Å². The topological polar surface area (TPSA) is 50.1 Å². The Kier molecular flexibility index (Phi) is 3.16. The van der Waals surface area contributed by atoms with E-state index in [1.54, 1.807) is 0 Å². The highest BCUT2D eigenvalue weighted by molar-refractivity contribution is 5.10. The zero-order chi connectivity index (χ0) is 11.7. The molecule has 1 atom stereocenters. The number of nitrogens with one attached hydrogen (secondary N) is 1. The van der Waals surface area contributed by atoms with Crippen molar-refractivity contribution in [3.8, 4) is 0 Å². The van der Waals surface area contributed by atoms with E-state index < -0.39 is 0 Å². The van der Waals surface area contributed by atoms with Crippen LogP contribution in [0.2, 0.25) is 0 Å². The van der Waals surface area contributed by atoms with Gasteiger partial charge in [-0.05, 0) is 51.1 Å². The molecule has 3 rings (SSSR count). The maximum absolute atomic E-state index is 10.1. The van der Waals surface area contributed by atoms with E-state index in [9.17, 15) is 5.11 Å². The van der Waals surface area contributed by atoms with Gasteiger partial charge in [0, 0.05) is 18.3 Å². The molecule has 2 aliphatic rings. The maximum Gasteiger partial charge on any atom is 0.132 e. The molecule has 0 amide bonds. The molecule has 0 aromatic carbocycles. The van der Waals surface area contributed by atoms with Crippen LogP contribution in [0.3, 0.4) is 0 Å². The lowest BCUT2D eigenvalue weighted by Crippen LogP contribution is -2.30. The predicted octanol–water partition coefficient (Wildman–Crippen LogP) is 1.25. The van der Waals surface area contributed by atoms with Crippen LogP contribution in [0, 0.1) is 5.92 Å². The molecular formula is C13H21N3O. The second kappa shape index (κ2) is 4.78. The van der Waals surface area contributed by atoms with Gasteiger partial charge in [-0.25, -0.2) is 4.98 Å². The van der Waals surface area contributed by atoms with Gasteiger partial charge in [0.1, 0.15) is 12.1 Å². The third-order valence-electron chi connectivity index (χ3n) is 4.07. The number of rotatable bonds is 2. The summed E-state index contributed by atoms with van der Waals surface area (Å²) in [5.41, 5.74) is 1.22. The zero-order valence-corrected chi connectivity index (χ0v) is 10.2. The van der Waals surface area contributed by atoms with Gasteiger partial charge in [-0.1, -0.05) is 0 Å². The minimum Gasteiger partial charge on any atom is -0.373 e. The standard InChI is InChI=1S/C13H21N3O/c17-13-3-1-2-11-9-15-12(16(11)13)8-10-4-6-14-7-5-10/h9-10,13-14,17H,1-8H2. The number of imidazole rings is 1. The Bertz CT molecular complexity index is 382. The summed E-state index contributed by atoms with van der Waals surface area (Å²) < 4.78 is 2.07. The second-order valence-corrected chi connectivity index (χ2v) is 5.31. The third-order valence-corrected chi connectivity index (χ3v) is 4.07. The highest BCUT2D eigenvalue weighted by Gasteiger charge is 2.23. The number of aromatic nitrogens is 2. The van der Waals surface area contributed by atoms with Crippen molar-refractivity contribution in [2.24, 2.45) is 5.92 Å². The molecule has 1 unspecified atom stereocenters. The molecule has 2 aliphatic heterocycles. The number of nitrogens with zero attached hydrogens (tertiary/aromatic N) is 2. The van der Waals surface area contributed by atoms with Crippen LogP contribution in [0.1, 0.15) is 43.4 Å². The molecule has 0 spiro atoms. The number of aliphatic hydroxyl groups is 1. The van der Waals surface area contributed by atoms with Gasteiger partial charge in [0.05, 0.1) is 0 Å². The lowest BCUT2D eigenvalue weighted by molar-refractivity contribution is 0.0749.